The lowest BCUT2D eigenvalue weighted by atomic mass is 10.2. The Morgan fingerprint density at radius 3 is 2.32 bits per heavy atom. The number of carbonyl (C=O) groups is 2. The molecule has 1 fully saturated rings. The smallest absolute Gasteiger partial charge is 0.246 e. The fraction of sp³-hybridized carbons (Fsp3) is 0.304. The second-order valence-electron chi connectivity index (χ2n) is 7.10. The summed E-state index contributed by atoms with van der Waals surface area (Å²) in [6.45, 7) is 2.51. The Bertz CT molecular complexity index is 938. The molecule has 0 unspecified atom stereocenters. The van der Waals surface area contributed by atoms with Crippen molar-refractivity contribution in [1.82, 2.24) is 9.80 Å². The first-order valence-electron chi connectivity index (χ1n) is 9.95. The van der Waals surface area contributed by atoms with Crippen LogP contribution in [0.25, 0.3) is 6.08 Å². The van der Waals surface area contributed by atoms with Gasteiger partial charge in [0.15, 0.2) is 11.5 Å². The summed E-state index contributed by atoms with van der Waals surface area (Å²) in [7, 11) is 3.14. The van der Waals surface area contributed by atoms with Gasteiger partial charge in [-0.15, -0.1) is 0 Å². The molecule has 8 heteroatoms. The molecule has 1 N–H and O–H groups in total. The van der Waals surface area contributed by atoms with E-state index in [0.717, 1.165) is 5.56 Å². The molecule has 0 spiro atoms. The molecule has 2 aromatic rings. The van der Waals surface area contributed by atoms with Crippen LogP contribution >= 0.6 is 0 Å². The van der Waals surface area contributed by atoms with E-state index in [-0.39, 0.29) is 24.2 Å². The first-order valence-corrected chi connectivity index (χ1v) is 9.95. The van der Waals surface area contributed by atoms with Crippen LogP contribution in [0.1, 0.15) is 5.56 Å². The quantitative estimate of drug-likeness (QED) is 0.688. The van der Waals surface area contributed by atoms with Crippen molar-refractivity contribution in [3.63, 3.8) is 0 Å². The highest BCUT2D eigenvalue weighted by Crippen LogP contribution is 2.28. The van der Waals surface area contributed by atoms with E-state index in [1.54, 1.807) is 37.3 Å². The molecule has 2 amide bonds. The highest BCUT2D eigenvalue weighted by molar-refractivity contribution is 5.93. The maximum absolute atomic E-state index is 12.9. The molecular formula is C23H26FN3O4. The summed E-state index contributed by atoms with van der Waals surface area (Å²) < 4.78 is 23.4. The van der Waals surface area contributed by atoms with Gasteiger partial charge < -0.3 is 19.7 Å². The number of hydrogen-bond donors (Lipinski definition) is 1. The lowest BCUT2D eigenvalue weighted by molar-refractivity contribution is -0.127. The van der Waals surface area contributed by atoms with Crippen molar-refractivity contribution in [3.8, 4) is 11.5 Å². The second kappa shape index (κ2) is 10.6. The van der Waals surface area contributed by atoms with Crippen LogP contribution in [0.4, 0.5) is 10.1 Å². The average Bonchev–Trinajstić information content (AvgIpc) is 2.79. The number of nitrogens with one attached hydrogen (secondary N) is 1. The van der Waals surface area contributed by atoms with Gasteiger partial charge in [-0.3, -0.25) is 14.5 Å². The van der Waals surface area contributed by atoms with Crippen molar-refractivity contribution in [1.29, 1.82) is 0 Å². The number of nitrogens with zero attached hydrogens (tertiary/aromatic N) is 2. The van der Waals surface area contributed by atoms with Gasteiger partial charge in [0.2, 0.25) is 11.8 Å². The van der Waals surface area contributed by atoms with Crippen molar-refractivity contribution in [3.05, 3.63) is 59.9 Å². The summed E-state index contributed by atoms with van der Waals surface area (Å²) in [6.07, 6.45) is 3.28. The van der Waals surface area contributed by atoms with E-state index in [1.807, 2.05) is 11.0 Å². The minimum atomic E-state index is -0.348. The molecule has 164 valence electrons. The van der Waals surface area contributed by atoms with Crippen LogP contribution in [0.15, 0.2) is 48.5 Å². The zero-order chi connectivity index (χ0) is 22.2. The highest BCUT2D eigenvalue weighted by Gasteiger charge is 2.21. The Kier molecular flexibility index (Phi) is 7.61. The first-order chi connectivity index (χ1) is 15.0. The van der Waals surface area contributed by atoms with Crippen molar-refractivity contribution in [2.45, 2.75) is 0 Å². The first kappa shape index (κ1) is 22.3. The molecular weight excluding hydrogens is 401 g/mol. The third kappa shape index (κ3) is 6.29. The third-order valence-electron chi connectivity index (χ3n) is 5.01. The average molecular weight is 427 g/mol. The minimum absolute atomic E-state index is 0.0785. The number of ether oxygens (including phenoxy) is 2. The summed E-state index contributed by atoms with van der Waals surface area (Å²) >= 11 is 0. The van der Waals surface area contributed by atoms with Crippen molar-refractivity contribution < 1.29 is 23.5 Å². The van der Waals surface area contributed by atoms with E-state index < -0.39 is 0 Å². The number of halogens is 1. The van der Waals surface area contributed by atoms with Gasteiger partial charge in [0.25, 0.3) is 0 Å². The lowest BCUT2D eigenvalue weighted by Crippen LogP contribution is -2.50. The number of amides is 2. The standard InChI is InChI=1S/C23H26FN3O4/c1-30-20-9-3-17(15-21(20)31-2)4-10-23(29)27-13-11-26(12-14-27)16-22(28)25-19-7-5-18(24)6-8-19/h3-10,15H,11-14,16H2,1-2H3,(H,25,28). The maximum Gasteiger partial charge on any atom is 0.246 e. The molecule has 1 heterocycles. The molecule has 1 aliphatic heterocycles. The third-order valence-corrected chi connectivity index (χ3v) is 5.01. The molecule has 1 saturated heterocycles. The molecule has 3 rings (SSSR count). The summed E-state index contributed by atoms with van der Waals surface area (Å²) in [4.78, 5) is 28.4. The van der Waals surface area contributed by atoms with E-state index in [0.29, 0.717) is 43.4 Å². The number of piperazine rings is 1. The Hall–Kier alpha value is -3.39. The largest absolute Gasteiger partial charge is 0.493 e. The van der Waals surface area contributed by atoms with Gasteiger partial charge in [0.05, 0.1) is 20.8 Å². The van der Waals surface area contributed by atoms with E-state index in [9.17, 15) is 14.0 Å². The van der Waals surface area contributed by atoms with Crippen molar-refractivity contribution >= 4 is 23.6 Å². The fourth-order valence-corrected chi connectivity index (χ4v) is 3.29. The SMILES string of the molecule is COc1ccc(C=CC(=O)N2CCN(CC(=O)Nc3ccc(F)cc3)CC2)cc1OC. The van der Waals surface area contributed by atoms with Crippen LogP contribution < -0.4 is 14.8 Å². The monoisotopic (exact) mass is 427 g/mol. The van der Waals surface area contributed by atoms with Crippen molar-refractivity contribution in [2.24, 2.45) is 0 Å². The van der Waals surface area contributed by atoms with E-state index in [4.69, 9.17) is 9.47 Å². The summed E-state index contributed by atoms with van der Waals surface area (Å²) in [5, 5.41) is 2.75. The van der Waals surface area contributed by atoms with Gasteiger partial charge in [-0.05, 0) is 48.0 Å². The maximum atomic E-state index is 12.9. The number of benzene rings is 2. The number of hydrogen-bond acceptors (Lipinski definition) is 5. The topological polar surface area (TPSA) is 71.1 Å². The van der Waals surface area contributed by atoms with E-state index in [1.165, 1.54) is 30.3 Å². The predicted octanol–water partition coefficient (Wildman–Crippen LogP) is 2.64. The minimum Gasteiger partial charge on any atom is -0.493 e. The van der Waals surface area contributed by atoms with Gasteiger partial charge in [-0.25, -0.2) is 4.39 Å². The molecule has 0 saturated carbocycles. The zero-order valence-electron chi connectivity index (χ0n) is 17.6. The molecule has 0 radical (unpaired) electrons. The molecule has 0 atom stereocenters. The van der Waals surface area contributed by atoms with Crippen LogP contribution in [0, 0.1) is 5.82 Å². The molecule has 2 aromatic carbocycles. The summed E-state index contributed by atoms with van der Waals surface area (Å²) in [5.41, 5.74) is 1.39. The molecule has 0 aromatic heterocycles. The number of methoxy groups -OCH3 is 2. The van der Waals surface area contributed by atoms with Gasteiger partial charge in [-0.2, -0.15) is 0 Å². The number of anilines is 1. The van der Waals surface area contributed by atoms with Crippen LogP contribution in [0.2, 0.25) is 0 Å². The van der Waals surface area contributed by atoms with Gasteiger partial charge in [-0.1, -0.05) is 6.07 Å². The molecule has 1 aliphatic rings. The zero-order valence-corrected chi connectivity index (χ0v) is 17.6. The number of carbonyl (C=O) groups excluding carboxylic acids is 2. The molecule has 31 heavy (non-hydrogen) atoms. The second-order valence-corrected chi connectivity index (χ2v) is 7.10. The predicted molar refractivity (Wildman–Crippen MR) is 117 cm³/mol. The Labute approximate surface area is 181 Å². The normalized spacial score (nSPS) is 14.5. The van der Waals surface area contributed by atoms with Crippen LogP contribution in [-0.2, 0) is 9.59 Å². The van der Waals surface area contributed by atoms with Crippen molar-refractivity contribution in [2.75, 3.05) is 52.3 Å². The molecule has 0 bridgehead atoms. The Balaban J connectivity index is 1.46. The van der Waals surface area contributed by atoms with E-state index in [2.05, 4.69) is 5.32 Å². The van der Waals surface area contributed by atoms with Gasteiger partial charge in [0, 0.05) is 37.9 Å². The van der Waals surface area contributed by atoms with Gasteiger partial charge in [0.1, 0.15) is 5.82 Å². The number of rotatable bonds is 7. The van der Waals surface area contributed by atoms with Crippen LogP contribution in [-0.4, -0.2) is 68.6 Å². The fourth-order valence-electron chi connectivity index (χ4n) is 3.29. The van der Waals surface area contributed by atoms with Crippen LogP contribution in [0.3, 0.4) is 0 Å². The molecule has 7 nitrogen and oxygen atoms in total. The van der Waals surface area contributed by atoms with Gasteiger partial charge >= 0.3 is 0 Å². The Morgan fingerprint density at radius 1 is 1.00 bits per heavy atom. The Morgan fingerprint density at radius 2 is 1.68 bits per heavy atom. The summed E-state index contributed by atoms with van der Waals surface area (Å²) in [5.74, 6) is 0.638. The highest BCUT2D eigenvalue weighted by atomic mass is 19.1. The van der Waals surface area contributed by atoms with E-state index >= 15 is 0 Å². The van der Waals surface area contributed by atoms with Crippen LogP contribution in [0.5, 0.6) is 11.5 Å². The lowest BCUT2D eigenvalue weighted by Gasteiger charge is -2.33. The summed E-state index contributed by atoms with van der Waals surface area (Å²) in [6, 6.07) is 11.1. The molecule has 0 aliphatic carbocycles.